The molecule has 94 valence electrons. The summed E-state index contributed by atoms with van der Waals surface area (Å²) >= 11 is 0. The second kappa shape index (κ2) is 4.30. The molecule has 1 unspecified atom stereocenters. The Hall–Kier alpha value is -0.510. The highest BCUT2D eigenvalue weighted by Gasteiger charge is 2.49. The van der Waals surface area contributed by atoms with Gasteiger partial charge in [-0.3, -0.25) is 4.90 Å². The number of nitrogens with zero attached hydrogens (tertiary/aromatic N) is 2. The number of pyridine rings is 1. The van der Waals surface area contributed by atoms with Crippen LogP contribution in [-0.4, -0.2) is 22.0 Å². The van der Waals surface area contributed by atoms with Crippen LogP contribution in [-0.2, 0) is 6.54 Å². The van der Waals surface area contributed by atoms with Crippen LogP contribution < -0.4 is 5.73 Å². The highest BCUT2D eigenvalue weighted by atomic mass is 35.5. The molecule has 0 saturated carbocycles. The summed E-state index contributed by atoms with van der Waals surface area (Å²) in [5, 5.41) is 0. The lowest BCUT2D eigenvalue weighted by atomic mass is 9.82. The summed E-state index contributed by atoms with van der Waals surface area (Å²) < 4.78 is 0. The van der Waals surface area contributed by atoms with Crippen molar-refractivity contribution >= 4 is 30.6 Å². The molecule has 2 fully saturated rings. The van der Waals surface area contributed by atoms with Gasteiger partial charge < -0.3 is 5.73 Å². The van der Waals surface area contributed by atoms with Crippen LogP contribution in [0.3, 0.4) is 0 Å². The van der Waals surface area contributed by atoms with Crippen molar-refractivity contribution in [2.45, 2.75) is 43.8 Å². The molecule has 3 nitrogen and oxygen atoms in total. The van der Waals surface area contributed by atoms with Gasteiger partial charge >= 0.3 is 0 Å². The molecule has 1 aromatic heterocycles. The van der Waals surface area contributed by atoms with Gasteiger partial charge in [-0.2, -0.15) is 0 Å². The molecular weight excluding hydrogens is 257 g/mol. The SMILES string of the molecule is Cl.Cl.Nc1cc2c(cn1)[C@H]1C[C@@H]3CC[C@H]1N3C2. The largest absolute Gasteiger partial charge is 0.384 e. The van der Waals surface area contributed by atoms with Gasteiger partial charge in [-0.25, -0.2) is 4.98 Å². The van der Waals surface area contributed by atoms with Gasteiger partial charge in [0.2, 0.25) is 0 Å². The molecule has 2 saturated heterocycles. The van der Waals surface area contributed by atoms with Crippen molar-refractivity contribution in [3.05, 3.63) is 23.4 Å². The molecule has 3 aliphatic heterocycles. The van der Waals surface area contributed by atoms with Gasteiger partial charge in [0, 0.05) is 30.7 Å². The van der Waals surface area contributed by atoms with E-state index in [9.17, 15) is 0 Å². The van der Waals surface area contributed by atoms with E-state index in [0.29, 0.717) is 5.82 Å². The first-order valence-corrected chi connectivity index (χ1v) is 5.83. The highest BCUT2D eigenvalue weighted by molar-refractivity contribution is 5.85. The molecule has 0 spiro atoms. The Morgan fingerprint density at radius 2 is 2.12 bits per heavy atom. The van der Waals surface area contributed by atoms with E-state index in [4.69, 9.17) is 5.73 Å². The Morgan fingerprint density at radius 3 is 2.94 bits per heavy atom. The van der Waals surface area contributed by atoms with Gasteiger partial charge in [-0.15, -0.1) is 24.8 Å². The predicted molar refractivity (Wildman–Crippen MR) is 72.9 cm³/mol. The van der Waals surface area contributed by atoms with E-state index in [0.717, 1.165) is 24.5 Å². The van der Waals surface area contributed by atoms with Crippen molar-refractivity contribution in [1.82, 2.24) is 9.88 Å². The Bertz CT molecular complexity index is 438. The first kappa shape index (κ1) is 12.9. The van der Waals surface area contributed by atoms with Crippen LogP contribution in [0.25, 0.3) is 0 Å². The number of halogens is 2. The molecule has 4 atom stereocenters. The normalized spacial score (nSPS) is 35.8. The zero-order chi connectivity index (χ0) is 9.99. The third kappa shape index (κ3) is 1.64. The minimum atomic E-state index is 0. The third-order valence-corrected chi connectivity index (χ3v) is 4.48. The fourth-order valence-corrected chi connectivity index (χ4v) is 3.88. The molecule has 17 heavy (non-hydrogen) atoms. The van der Waals surface area contributed by atoms with Gasteiger partial charge in [-0.05, 0) is 36.5 Å². The summed E-state index contributed by atoms with van der Waals surface area (Å²) in [4.78, 5) is 6.94. The Balaban J connectivity index is 0.000000540. The van der Waals surface area contributed by atoms with Crippen molar-refractivity contribution in [3.63, 3.8) is 0 Å². The summed E-state index contributed by atoms with van der Waals surface area (Å²) in [6.45, 7) is 1.11. The number of rotatable bonds is 0. The average Bonchev–Trinajstić information content (AvgIpc) is 2.73. The van der Waals surface area contributed by atoms with Crippen LogP contribution in [0, 0.1) is 0 Å². The topological polar surface area (TPSA) is 42.1 Å². The Labute approximate surface area is 114 Å². The maximum Gasteiger partial charge on any atom is 0.123 e. The van der Waals surface area contributed by atoms with Crippen LogP contribution in [0.1, 0.15) is 36.3 Å². The van der Waals surface area contributed by atoms with E-state index in [1.54, 1.807) is 0 Å². The predicted octanol–water partition coefficient (Wildman–Crippen LogP) is 2.34. The van der Waals surface area contributed by atoms with E-state index < -0.39 is 0 Å². The van der Waals surface area contributed by atoms with Gasteiger partial charge in [0.15, 0.2) is 0 Å². The number of aromatic nitrogens is 1. The Kier molecular flexibility index (Phi) is 3.27. The molecule has 4 bridgehead atoms. The minimum absolute atomic E-state index is 0. The third-order valence-electron chi connectivity index (χ3n) is 4.48. The van der Waals surface area contributed by atoms with Crippen LogP contribution in [0.2, 0.25) is 0 Å². The first-order valence-electron chi connectivity index (χ1n) is 5.83. The highest BCUT2D eigenvalue weighted by Crippen LogP contribution is 2.51. The smallest absolute Gasteiger partial charge is 0.123 e. The fraction of sp³-hybridized carbons (Fsp3) is 0.583. The van der Waals surface area contributed by atoms with Gasteiger partial charge in [-0.1, -0.05) is 0 Å². The van der Waals surface area contributed by atoms with Crippen LogP contribution >= 0.6 is 24.8 Å². The number of anilines is 1. The molecule has 3 aliphatic rings. The lowest BCUT2D eigenvalue weighted by molar-refractivity contribution is 0.227. The van der Waals surface area contributed by atoms with Crippen LogP contribution in [0.5, 0.6) is 0 Å². The molecule has 0 aromatic carbocycles. The van der Waals surface area contributed by atoms with Crippen LogP contribution in [0.15, 0.2) is 12.3 Å². The number of hydrogen-bond donors (Lipinski definition) is 1. The molecule has 0 amide bonds. The number of hydrogen-bond acceptors (Lipinski definition) is 3. The first-order chi connectivity index (χ1) is 7.33. The summed E-state index contributed by atoms with van der Waals surface area (Å²) in [5.74, 6) is 1.42. The second-order valence-corrected chi connectivity index (χ2v) is 5.12. The lowest BCUT2D eigenvalue weighted by Crippen LogP contribution is -2.33. The van der Waals surface area contributed by atoms with E-state index in [1.807, 2.05) is 6.20 Å². The summed E-state index contributed by atoms with van der Waals surface area (Å²) in [6.07, 6.45) is 6.16. The van der Waals surface area contributed by atoms with E-state index in [2.05, 4.69) is 16.0 Å². The van der Waals surface area contributed by atoms with Crippen molar-refractivity contribution in [2.75, 3.05) is 5.73 Å². The van der Waals surface area contributed by atoms with Gasteiger partial charge in [0.05, 0.1) is 0 Å². The molecule has 0 aliphatic carbocycles. The van der Waals surface area contributed by atoms with E-state index in [-0.39, 0.29) is 24.8 Å². The lowest BCUT2D eigenvalue weighted by Gasteiger charge is -2.31. The molecule has 2 N–H and O–H groups in total. The van der Waals surface area contributed by atoms with Gasteiger partial charge in [0.1, 0.15) is 5.82 Å². The average molecular weight is 274 g/mol. The molecule has 1 aromatic rings. The van der Waals surface area contributed by atoms with Crippen molar-refractivity contribution < 1.29 is 0 Å². The quantitative estimate of drug-likeness (QED) is 0.789. The monoisotopic (exact) mass is 273 g/mol. The van der Waals surface area contributed by atoms with Crippen molar-refractivity contribution in [2.24, 2.45) is 0 Å². The molecule has 5 heteroatoms. The zero-order valence-corrected chi connectivity index (χ0v) is 11.1. The Morgan fingerprint density at radius 1 is 1.29 bits per heavy atom. The second-order valence-electron chi connectivity index (χ2n) is 5.12. The maximum atomic E-state index is 5.75. The zero-order valence-electron chi connectivity index (χ0n) is 9.50. The maximum absolute atomic E-state index is 5.75. The van der Waals surface area contributed by atoms with Gasteiger partial charge in [0.25, 0.3) is 0 Å². The number of nitrogens with two attached hydrogens (primary N) is 1. The summed E-state index contributed by atoms with van der Waals surface area (Å²) in [5.41, 5.74) is 8.65. The van der Waals surface area contributed by atoms with Crippen LogP contribution in [0.4, 0.5) is 5.82 Å². The number of nitrogen functional groups attached to an aromatic ring is 1. The summed E-state index contributed by atoms with van der Waals surface area (Å²) in [7, 11) is 0. The molecule has 4 heterocycles. The standard InChI is InChI=1S/C12H15N3.2ClH/c13-12-3-7-6-15-8-1-2-11(15)9(4-8)10(7)5-14-12;;/h3,5,8-9,11H,1-2,4,6H2,(H2,13,14);2*1H/t8-,9+,11+;;/m0../s1. The fourth-order valence-electron chi connectivity index (χ4n) is 3.88. The summed E-state index contributed by atoms with van der Waals surface area (Å²) in [6, 6.07) is 3.72. The molecule has 0 radical (unpaired) electrons. The minimum Gasteiger partial charge on any atom is -0.384 e. The molecular formula is C12H17Cl2N3. The van der Waals surface area contributed by atoms with Crippen molar-refractivity contribution in [1.29, 1.82) is 0 Å². The van der Waals surface area contributed by atoms with Crippen molar-refractivity contribution in [3.8, 4) is 0 Å². The van der Waals surface area contributed by atoms with E-state index >= 15 is 0 Å². The van der Waals surface area contributed by atoms with E-state index in [1.165, 1.54) is 30.4 Å². The number of fused-ring (bicyclic) bond motifs is 2. The molecule has 4 rings (SSSR count).